The Balaban J connectivity index is 1.01. The highest BCUT2D eigenvalue weighted by Gasteiger charge is 2.43. The maximum absolute atomic E-state index is 15.1. The molecule has 1 aliphatic carbocycles. The first-order chi connectivity index (χ1) is 21.7. The highest BCUT2D eigenvalue weighted by molar-refractivity contribution is 7.22. The van der Waals surface area contributed by atoms with E-state index in [1.165, 1.54) is 41.7 Å². The number of halogens is 4. The summed E-state index contributed by atoms with van der Waals surface area (Å²) >= 11 is 1.41. The minimum absolute atomic E-state index is 0.0918. The number of hydrogen-bond acceptors (Lipinski definition) is 9. The summed E-state index contributed by atoms with van der Waals surface area (Å²) in [6.45, 7) is 0.153. The van der Waals surface area contributed by atoms with Crippen LogP contribution in [0.25, 0.3) is 32.7 Å². The van der Waals surface area contributed by atoms with Gasteiger partial charge < -0.3 is 23.4 Å². The summed E-state index contributed by atoms with van der Waals surface area (Å²) in [6, 6.07) is 10.6. The number of para-hydroxylation sites is 1. The van der Waals surface area contributed by atoms with E-state index in [0.29, 0.717) is 33.0 Å². The third-order valence-corrected chi connectivity index (χ3v) is 9.80. The van der Waals surface area contributed by atoms with Gasteiger partial charge in [0, 0.05) is 34.7 Å². The third kappa shape index (κ3) is 5.39. The number of ether oxygens (including phenoxy) is 2. The van der Waals surface area contributed by atoms with Gasteiger partial charge >= 0.3 is 12.0 Å². The Kier molecular flexibility index (Phi) is 6.75. The van der Waals surface area contributed by atoms with Gasteiger partial charge in [-0.2, -0.15) is 0 Å². The second-order valence-corrected chi connectivity index (χ2v) is 12.8. The van der Waals surface area contributed by atoms with Crippen molar-refractivity contribution >= 4 is 26.7 Å². The van der Waals surface area contributed by atoms with Gasteiger partial charge in [-0.15, -0.1) is 13.2 Å². The molecule has 2 aliphatic heterocycles. The van der Waals surface area contributed by atoms with Crippen LogP contribution in [-0.4, -0.2) is 39.8 Å². The minimum atomic E-state index is -4.85. The second-order valence-electron chi connectivity index (χ2n) is 11.8. The number of aromatic nitrogens is 3. The quantitative estimate of drug-likeness (QED) is 0.173. The van der Waals surface area contributed by atoms with Crippen molar-refractivity contribution in [3.63, 3.8) is 0 Å². The number of piperidine rings is 1. The van der Waals surface area contributed by atoms with Gasteiger partial charge in [0.05, 0.1) is 29.2 Å². The smallest absolute Gasteiger partial charge is 0.405 e. The van der Waals surface area contributed by atoms with E-state index in [-0.39, 0.29) is 47.5 Å². The molecule has 3 atom stereocenters. The molecule has 1 unspecified atom stereocenters. The number of aromatic amines is 1. The van der Waals surface area contributed by atoms with Crippen molar-refractivity contribution in [2.75, 3.05) is 4.90 Å². The Morgan fingerprint density at radius 1 is 1.07 bits per heavy atom. The molecule has 0 amide bonds. The molecule has 3 aliphatic rings. The fourth-order valence-electron chi connectivity index (χ4n) is 6.66. The molecule has 9 nitrogen and oxygen atoms in total. The van der Waals surface area contributed by atoms with Crippen LogP contribution in [0.1, 0.15) is 55.8 Å². The number of nitrogens with one attached hydrogen (secondary N) is 1. The van der Waals surface area contributed by atoms with Gasteiger partial charge in [-0.05, 0) is 62.8 Å². The number of anilines is 1. The maximum atomic E-state index is 15.1. The Hall–Kier alpha value is -4.17. The van der Waals surface area contributed by atoms with Crippen molar-refractivity contribution in [1.29, 1.82) is 0 Å². The molecule has 2 bridgehead atoms. The average Bonchev–Trinajstić information content (AvgIpc) is 3.28. The second kappa shape index (κ2) is 10.7. The lowest BCUT2D eigenvalue weighted by Crippen LogP contribution is -2.45. The van der Waals surface area contributed by atoms with E-state index >= 15 is 4.39 Å². The third-order valence-electron chi connectivity index (χ3n) is 8.78. The summed E-state index contributed by atoms with van der Waals surface area (Å²) < 4.78 is 76.3. The fourth-order valence-corrected chi connectivity index (χ4v) is 7.82. The Bertz CT molecular complexity index is 1930. The van der Waals surface area contributed by atoms with E-state index in [2.05, 4.69) is 24.9 Å². The Morgan fingerprint density at radius 3 is 2.56 bits per heavy atom. The van der Waals surface area contributed by atoms with Gasteiger partial charge in [0.15, 0.2) is 10.9 Å². The van der Waals surface area contributed by atoms with Gasteiger partial charge in [-0.1, -0.05) is 28.6 Å². The average molecular weight is 643 g/mol. The highest BCUT2D eigenvalue weighted by Crippen LogP contribution is 2.47. The molecule has 0 radical (unpaired) electrons. The molecule has 2 saturated heterocycles. The van der Waals surface area contributed by atoms with E-state index in [1.54, 1.807) is 12.1 Å². The molecule has 45 heavy (non-hydrogen) atoms. The molecule has 5 heterocycles. The normalized spacial score (nSPS) is 21.6. The van der Waals surface area contributed by atoms with Gasteiger partial charge in [-0.25, -0.2) is 19.3 Å². The van der Waals surface area contributed by atoms with Crippen LogP contribution in [0.4, 0.5) is 22.7 Å². The van der Waals surface area contributed by atoms with Crippen LogP contribution >= 0.6 is 11.3 Å². The fraction of sp³-hybridized carbons (Fsp3) is 0.387. The van der Waals surface area contributed by atoms with Gasteiger partial charge in [0.25, 0.3) is 0 Å². The van der Waals surface area contributed by atoms with E-state index in [0.717, 1.165) is 43.7 Å². The molecular formula is C31H26F4N4O5S. The highest BCUT2D eigenvalue weighted by atomic mass is 32.1. The van der Waals surface area contributed by atoms with Crippen molar-refractivity contribution in [1.82, 2.24) is 15.3 Å². The molecule has 0 spiro atoms. The summed E-state index contributed by atoms with van der Waals surface area (Å²) in [7, 11) is 0. The van der Waals surface area contributed by atoms with Crippen LogP contribution in [-0.2, 0) is 11.3 Å². The summed E-state index contributed by atoms with van der Waals surface area (Å²) in [5, 5.41) is 7.44. The van der Waals surface area contributed by atoms with Crippen molar-refractivity contribution in [3.05, 3.63) is 70.0 Å². The zero-order valence-electron chi connectivity index (χ0n) is 23.6. The van der Waals surface area contributed by atoms with Gasteiger partial charge in [0.1, 0.15) is 22.7 Å². The van der Waals surface area contributed by atoms with Crippen LogP contribution in [0.5, 0.6) is 5.75 Å². The number of hydrogen-bond donors (Lipinski definition) is 1. The predicted octanol–water partition coefficient (Wildman–Crippen LogP) is 7.53. The van der Waals surface area contributed by atoms with E-state index in [9.17, 15) is 18.0 Å². The lowest BCUT2D eigenvalue weighted by Gasteiger charge is -2.38. The monoisotopic (exact) mass is 642 g/mol. The zero-order valence-corrected chi connectivity index (χ0v) is 24.4. The molecule has 1 saturated carbocycles. The number of thiazole rings is 1. The molecule has 1 N–H and O–H groups in total. The lowest BCUT2D eigenvalue weighted by atomic mass is 10.00. The summed E-state index contributed by atoms with van der Waals surface area (Å²) in [6.07, 6.45) is 0.250. The lowest BCUT2D eigenvalue weighted by molar-refractivity contribution is -0.274. The molecule has 2 aromatic carbocycles. The number of rotatable bonds is 8. The largest absolute Gasteiger partial charge is 0.573 e. The molecule has 5 aromatic rings. The summed E-state index contributed by atoms with van der Waals surface area (Å²) in [5.41, 5.74) is 1.79. The maximum Gasteiger partial charge on any atom is 0.573 e. The van der Waals surface area contributed by atoms with Crippen LogP contribution in [0.2, 0.25) is 0 Å². The number of benzene rings is 2. The zero-order chi connectivity index (χ0) is 30.9. The summed E-state index contributed by atoms with van der Waals surface area (Å²) in [4.78, 5) is 18.4. The van der Waals surface area contributed by atoms with Crippen LogP contribution in [0.15, 0.2) is 56.3 Å². The SMILES string of the molecule is O=c1cc(-c2cc(F)c3nc(N4[C@@H]5CC[C@H]4CC(OCc4c(-c6ccccc6OC(F)(F)F)noc4C4CC4)C5)sc3c2)[nH]o1. The number of fused-ring (bicyclic) bond motifs is 3. The van der Waals surface area contributed by atoms with Crippen LogP contribution < -0.4 is 15.3 Å². The molecule has 234 valence electrons. The molecule has 8 rings (SSSR count). The molecular weight excluding hydrogens is 616 g/mol. The molecule has 3 fully saturated rings. The van der Waals surface area contributed by atoms with E-state index < -0.39 is 17.8 Å². The van der Waals surface area contributed by atoms with E-state index in [4.69, 9.17) is 13.8 Å². The van der Waals surface area contributed by atoms with Gasteiger partial charge in [0.2, 0.25) is 0 Å². The Labute approximate surface area is 256 Å². The van der Waals surface area contributed by atoms with Crippen molar-refractivity contribution in [2.45, 2.75) is 75.6 Å². The minimum Gasteiger partial charge on any atom is -0.405 e. The van der Waals surface area contributed by atoms with Crippen molar-refractivity contribution in [3.8, 4) is 28.3 Å². The van der Waals surface area contributed by atoms with Gasteiger partial charge in [-0.3, -0.25) is 0 Å². The topological polar surface area (TPSA) is 107 Å². The van der Waals surface area contributed by atoms with Crippen molar-refractivity contribution < 1.29 is 36.1 Å². The number of H-pyrrole nitrogens is 1. The first kappa shape index (κ1) is 28.3. The van der Waals surface area contributed by atoms with Crippen LogP contribution in [0.3, 0.4) is 0 Å². The first-order valence-corrected chi connectivity index (χ1v) is 15.5. The van der Waals surface area contributed by atoms with Crippen molar-refractivity contribution in [2.24, 2.45) is 0 Å². The number of nitrogens with zero attached hydrogens (tertiary/aromatic N) is 3. The van der Waals surface area contributed by atoms with E-state index in [1.807, 2.05) is 0 Å². The molecule has 14 heteroatoms. The molecule has 3 aromatic heterocycles. The Morgan fingerprint density at radius 2 is 1.84 bits per heavy atom. The standard InChI is InChI=1S/C31H26F4N4O5S/c32-22-9-16(23-13-26(40)43-37-23)10-25-28(22)36-30(45-25)39-17-7-8-18(39)12-19(11-17)41-14-21-27(38-44-29(21)15-5-6-15)20-3-1-2-4-24(20)42-31(33,34)35/h1-4,9-10,13,15,17-19,37H,5-8,11-12,14H2/t17-,18+,19?. The predicted molar refractivity (Wildman–Crippen MR) is 156 cm³/mol. The van der Waals surface area contributed by atoms with Crippen LogP contribution in [0, 0.1) is 5.82 Å². The number of alkyl halides is 3. The summed E-state index contributed by atoms with van der Waals surface area (Å²) in [5.74, 6) is 0.0105. The first-order valence-electron chi connectivity index (χ1n) is 14.7.